The summed E-state index contributed by atoms with van der Waals surface area (Å²) in [5.74, 6) is 2.89. The zero-order chi connectivity index (χ0) is 19.5. The molecule has 2 heterocycles. The smallest absolute Gasteiger partial charge is 0.350 e. The molecule has 0 saturated heterocycles. The van der Waals surface area contributed by atoms with Gasteiger partial charge >= 0.3 is 5.69 Å². The molecule has 150 valence electrons. The number of nitrogens with two attached hydrogens (primary N) is 2. The lowest BCUT2D eigenvalue weighted by molar-refractivity contribution is 0.259. The van der Waals surface area contributed by atoms with E-state index in [4.69, 9.17) is 20.9 Å². The van der Waals surface area contributed by atoms with Crippen LogP contribution >= 0.6 is 0 Å². The summed E-state index contributed by atoms with van der Waals surface area (Å²) < 4.78 is 13.4. The number of para-hydroxylation sites is 1. The molecule has 1 aromatic carbocycles. The van der Waals surface area contributed by atoms with Crippen molar-refractivity contribution >= 4 is 11.5 Å². The summed E-state index contributed by atoms with van der Waals surface area (Å²) in [4.78, 5) is 16.9. The summed E-state index contributed by atoms with van der Waals surface area (Å²) in [5.41, 5.74) is 11.6. The standard InChI is InChI=1S/C20H27N5O3/c21-9-8-13-4-6-14(7-5-13)25-12-17-19(24-20(25)26)23-18-15(27-11-10-22)2-1-3-16(18)28-17/h1-3,12-14H,4-11,21-22H2,(H,23,24,26). The SMILES string of the molecule is NCCOc1cccc2c1Nc1nc(=O)n(C3CCC(CCN)CC3)cc1O2. The number of hydrogen-bond donors (Lipinski definition) is 3. The van der Waals surface area contributed by atoms with Gasteiger partial charge in [0.15, 0.2) is 17.3 Å². The summed E-state index contributed by atoms with van der Waals surface area (Å²) >= 11 is 0. The minimum atomic E-state index is -0.263. The van der Waals surface area contributed by atoms with E-state index in [0.717, 1.165) is 38.6 Å². The molecule has 4 rings (SSSR count). The van der Waals surface area contributed by atoms with Crippen LogP contribution in [0.25, 0.3) is 0 Å². The van der Waals surface area contributed by atoms with Crippen molar-refractivity contribution in [2.45, 2.75) is 38.1 Å². The highest BCUT2D eigenvalue weighted by molar-refractivity contribution is 5.77. The van der Waals surface area contributed by atoms with Crippen LogP contribution in [0.4, 0.5) is 11.5 Å². The van der Waals surface area contributed by atoms with Gasteiger partial charge in [-0.3, -0.25) is 4.57 Å². The second-order valence-electron chi connectivity index (χ2n) is 7.39. The molecule has 8 heteroatoms. The zero-order valence-electron chi connectivity index (χ0n) is 15.9. The summed E-state index contributed by atoms with van der Waals surface area (Å²) in [5, 5.41) is 3.18. The summed E-state index contributed by atoms with van der Waals surface area (Å²) in [6.07, 6.45) is 6.95. The molecule has 1 aromatic heterocycles. The van der Waals surface area contributed by atoms with Crippen molar-refractivity contribution in [2.24, 2.45) is 17.4 Å². The van der Waals surface area contributed by atoms with Crippen molar-refractivity contribution in [2.75, 3.05) is 25.0 Å². The Morgan fingerprint density at radius 2 is 2.00 bits per heavy atom. The molecule has 0 unspecified atom stereocenters. The van der Waals surface area contributed by atoms with E-state index in [1.807, 2.05) is 18.2 Å². The second-order valence-corrected chi connectivity index (χ2v) is 7.39. The molecular formula is C20H27N5O3. The largest absolute Gasteiger partial charge is 0.490 e. The van der Waals surface area contributed by atoms with Gasteiger partial charge in [0.1, 0.15) is 18.0 Å². The van der Waals surface area contributed by atoms with E-state index in [0.29, 0.717) is 47.8 Å². The number of hydrogen-bond acceptors (Lipinski definition) is 7. The van der Waals surface area contributed by atoms with E-state index < -0.39 is 0 Å². The van der Waals surface area contributed by atoms with Gasteiger partial charge in [0.05, 0.1) is 6.20 Å². The van der Waals surface area contributed by atoms with E-state index in [2.05, 4.69) is 10.3 Å². The number of nitrogens with zero attached hydrogens (tertiary/aromatic N) is 2. The number of rotatable bonds is 6. The maximum Gasteiger partial charge on any atom is 0.350 e. The number of ether oxygens (including phenoxy) is 2. The highest BCUT2D eigenvalue weighted by Gasteiger charge is 2.27. The molecule has 1 fully saturated rings. The van der Waals surface area contributed by atoms with Gasteiger partial charge in [-0.15, -0.1) is 0 Å². The van der Waals surface area contributed by atoms with Crippen LogP contribution in [-0.2, 0) is 0 Å². The van der Waals surface area contributed by atoms with E-state index in [-0.39, 0.29) is 11.7 Å². The van der Waals surface area contributed by atoms with Crippen LogP contribution in [0.2, 0.25) is 0 Å². The van der Waals surface area contributed by atoms with Crippen LogP contribution in [0.1, 0.15) is 38.1 Å². The van der Waals surface area contributed by atoms with Crippen molar-refractivity contribution in [1.82, 2.24) is 9.55 Å². The van der Waals surface area contributed by atoms with Crippen LogP contribution in [0.3, 0.4) is 0 Å². The third-order valence-electron chi connectivity index (χ3n) is 5.53. The van der Waals surface area contributed by atoms with Gasteiger partial charge in [-0.2, -0.15) is 4.98 Å². The van der Waals surface area contributed by atoms with Gasteiger partial charge in [-0.05, 0) is 56.7 Å². The Kier molecular flexibility index (Phi) is 5.50. The Morgan fingerprint density at radius 3 is 2.75 bits per heavy atom. The Morgan fingerprint density at radius 1 is 1.18 bits per heavy atom. The quantitative estimate of drug-likeness (QED) is 0.597. The fourth-order valence-corrected chi connectivity index (χ4v) is 4.07. The molecule has 1 aliphatic carbocycles. The molecule has 2 aliphatic rings. The lowest BCUT2D eigenvalue weighted by Crippen LogP contribution is -2.31. The van der Waals surface area contributed by atoms with Gasteiger partial charge in [0.25, 0.3) is 0 Å². The van der Waals surface area contributed by atoms with Crippen LogP contribution in [0, 0.1) is 5.92 Å². The Balaban J connectivity index is 1.56. The van der Waals surface area contributed by atoms with Crippen molar-refractivity contribution in [3.05, 3.63) is 34.9 Å². The molecule has 0 atom stereocenters. The first kappa shape index (κ1) is 18.8. The normalized spacial score (nSPS) is 20.5. The molecule has 1 saturated carbocycles. The maximum absolute atomic E-state index is 12.7. The van der Waals surface area contributed by atoms with Crippen molar-refractivity contribution in [1.29, 1.82) is 0 Å². The molecule has 0 bridgehead atoms. The van der Waals surface area contributed by atoms with Crippen LogP contribution in [0.5, 0.6) is 17.2 Å². The lowest BCUT2D eigenvalue weighted by Gasteiger charge is -2.30. The van der Waals surface area contributed by atoms with Crippen molar-refractivity contribution in [3.8, 4) is 17.2 Å². The second kappa shape index (κ2) is 8.20. The third kappa shape index (κ3) is 3.70. The molecule has 8 nitrogen and oxygen atoms in total. The average molecular weight is 385 g/mol. The molecule has 5 N–H and O–H groups in total. The van der Waals surface area contributed by atoms with E-state index in [9.17, 15) is 4.79 Å². The molecule has 2 aromatic rings. The zero-order valence-corrected chi connectivity index (χ0v) is 15.9. The van der Waals surface area contributed by atoms with Crippen LogP contribution < -0.4 is 31.9 Å². The van der Waals surface area contributed by atoms with Crippen LogP contribution in [-0.4, -0.2) is 29.2 Å². The minimum Gasteiger partial charge on any atom is -0.490 e. The molecule has 1 aliphatic heterocycles. The van der Waals surface area contributed by atoms with Gasteiger partial charge in [0, 0.05) is 12.6 Å². The van der Waals surface area contributed by atoms with Gasteiger partial charge in [-0.1, -0.05) is 6.07 Å². The molecule has 0 spiro atoms. The highest BCUT2D eigenvalue weighted by atomic mass is 16.5. The first-order chi connectivity index (χ1) is 13.7. The third-order valence-corrected chi connectivity index (χ3v) is 5.53. The van der Waals surface area contributed by atoms with Crippen molar-refractivity contribution in [3.63, 3.8) is 0 Å². The number of aromatic nitrogens is 2. The topological polar surface area (TPSA) is 117 Å². The van der Waals surface area contributed by atoms with E-state index in [1.165, 1.54) is 0 Å². The molecule has 0 radical (unpaired) electrons. The number of benzene rings is 1. The Hall–Kier alpha value is -2.58. The molecular weight excluding hydrogens is 358 g/mol. The summed E-state index contributed by atoms with van der Waals surface area (Å²) in [6.45, 7) is 1.54. The number of fused-ring (bicyclic) bond motifs is 2. The Labute approximate surface area is 163 Å². The van der Waals surface area contributed by atoms with Gasteiger partial charge in [-0.25, -0.2) is 4.79 Å². The highest BCUT2D eigenvalue weighted by Crippen LogP contribution is 2.45. The van der Waals surface area contributed by atoms with Crippen LogP contribution in [0.15, 0.2) is 29.2 Å². The summed E-state index contributed by atoms with van der Waals surface area (Å²) in [6, 6.07) is 5.70. The van der Waals surface area contributed by atoms with Gasteiger partial charge in [0.2, 0.25) is 0 Å². The average Bonchev–Trinajstić information content (AvgIpc) is 2.71. The first-order valence-corrected chi connectivity index (χ1v) is 9.93. The number of anilines is 2. The fourth-order valence-electron chi connectivity index (χ4n) is 4.07. The summed E-state index contributed by atoms with van der Waals surface area (Å²) in [7, 11) is 0. The fraction of sp³-hybridized carbons (Fsp3) is 0.500. The first-order valence-electron chi connectivity index (χ1n) is 9.93. The predicted octanol–water partition coefficient (Wildman–Crippen LogP) is 2.51. The maximum atomic E-state index is 12.7. The Bertz CT molecular complexity index is 890. The monoisotopic (exact) mass is 385 g/mol. The minimum absolute atomic E-state index is 0.156. The number of nitrogens with one attached hydrogen (secondary N) is 1. The van der Waals surface area contributed by atoms with Crippen molar-refractivity contribution < 1.29 is 9.47 Å². The predicted molar refractivity (Wildman–Crippen MR) is 108 cm³/mol. The lowest BCUT2D eigenvalue weighted by atomic mass is 9.84. The molecule has 28 heavy (non-hydrogen) atoms. The van der Waals surface area contributed by atoms with E-state index >= 15 is 0 Å². The van der Waals surface area contributed by atoms with E-state index in [1.54, 1.807) is 10.8 Å². The molecule has 0 amide bonds. The van der Waals surface area contributed by atoms with Gasteiger partial charge < -0.3 is 26.3 Å².